The van der Waals surface area contributed by atoms with Crippen LogP contribution < -0.4 is 5.46 Å². The summed E-state index contributed by atoms with van der Waals surface area (Å²) in [5.41, 5.74) is 2.68. The minimum absolute atomic E-state index is 0.527. The van der Waals surface area contributed by atoms with Crippen LogP contribution in [0, 0.1) is 6.92 Å². The second-order valence-corrected chi connectivity index (χ2v) is 2.99. The molecule has 0 radical (unpaired) electrons. The average Bonchev–Trinajstić information content (AvgIpc) is 2.24. The molecule has 15 heavy (non-hydrogen) atoms. The average molecular weight is 206 g/mol. The first-order valence-corrected chi connectivity index (χ1v) is 5.24. The fourth-order valence-corrected chi connectivity index (χ4v) is 1.18. The molecule has 0 saturated heterocycles. The highest BCUT2D eigenvalue weighted by molar-refractivity contribution is 6.58. The van der Waals surface area contributed by atoms with Crippen LogP contribution in [0.1, 0.15) is 31.9 Å². The number of hydrogen-bond donors (Lipinski definition) is 2. The van der Waals surface area contributed by atoms with Crippen molar-refractivity contribution in [3.05, 3.63) is 35.4 Å². The van der Waals surface area contributed by atoms with E-state index in [1.807, 2.05) is 45.9 Å². The predicted octanol–water partition coefficient (Wildman–Crippen LogP) is 1.73. The quantitative estimate of drug-likeness (QED) is 0.723. The van der Waals surface area contributed by atoms with E-state index in [9.17, 15) is 0 Å². The molecule has 0 saturated carbocycles. The highest BCUT2D eigenvalue weighted by Crippen LogP contribution is 2.07. The van der Waals surface area contributed by atoms with Crippen LogP contribution in [0.25, 0.3) is 6.08 Å². The van der Waals surface area contributed by atoms with Crippen LogP contribution in [0.15, 0.2) is 24.3 Å². The third kappa shape index (κ3) is 4.32. The molecule has 0 amide bonds. The lowest BCUT2D eigenvalue weighted by atomic mass is 9.79. The molecule has 0 aliphatic carbocycles. The second kappa shape index (κ2) is 7.26. The van der Waals surface area contributed by atoms with Crippen molar-refractivity contribution in [2.45, 2.75) is 27.7 Å². The van der Waals surface area contributed by atoms with Crippen molar-refractivity contribution < 1.29 is 10.0 Å². The zero-order chi connectivity index (χ0) is 11.8. The topological polar surface area (TPSA) is 40.5 Å². The number of allylic oxidation sites excluding steroid dienone is 1. The van der Waals surface area contributed by atoms with E-state index in [-0.39, 0.29) is 0 Å². The first-order chi connectivity index (χ1) is 7.15. The van der Waals surface area contributed by atoms with Gasteiger partial charge in [-0.2, -0.15) is 0 Å². The van der Waals surface area contributed by atoms with Crippen molar-refractivity contribution in [3.63, 3.8) is 0 Å². The van der Waals surface area contributed by atoms with Crippen LogP contribution >= 0.6 is 0 Å². The number of rotatable bonds is 2. The Morgan fingerprint density at radius 1 is 1.20 bits per heavy atom. The van der Waals surface area contributed by atoms with Crippen molar-refractivity contribution in [1.82, 2.24) is 0 Å². The van der Waals surface area contributed by atoms with Crippen LogP contribution in [0.2, 0.25) is 0 Å². The normalized spacial score (nSPS) is 9.73. The molecule has 0 heterocycles. The van der Waals surface area contributed by atoms with Crippen LogP contribution in [-0.4, -0.2) is 17.2 Å². The lowest BCUT2D eigenvalue weighted by molar-refractivity contribution is 0.426. The molecule has 0 atom stereocenters. The molecule has 1 rings (SSSR count). The van der Waals surface area contributed by atoms with Crippen LogP contribution in [0.5, 0.6) is 0 Å². The molecule has 0 aromatic heterocycles. The van der Waals surface area contributed by atoms with Gasteiger partial charge in [-0.25, -0.2) is 0 Å². The smallest absolute Gasteiger partial charge is 0.423 e. The Hall–Kier alpha value is -1.06. The molecule has 1 aromatic carbocycles. The second-order valence-electron chi connectivity index (χ2n) is 2.99. The van der Waals surface area contributed by atoms with Gasteiger partial charge in [-0.1, -0.05) is 44.2 Å². The van der Waals surface area contributed by atoms with Crippen molar-refractivity contribution >= 4 is 18.7 Å². The predicted molar refractivity (Wildman–Crippen MR) is 67.1 cm³/mol. The maximum absolute atomic E-state index is 8.94. The molecule has 0 aliphatic rings. The van der Waals surface area contributed by atoms with Crippen molar-refractivity contribution in [2.24, 2.45) is 0 Å². The highest BCUT2D eigenvalue weighted by atomic mass is 16.4. The Morgan fingerprint density at radius 3 is 2.27 bits per heavy atom. The molecule has 1 aromatic rings. The van der Waals surface area contributed by atoms with Gasteiger partial charge in [0.05, 0.1) is 0 Å². The van der Waals surface area contributed by atoms with Crippen molar-refractivity contribution in [3.8, 4) is 0 Å². The molecule has 0 bridgehead atoms. The van der Waals surface area contributed by atoms with Gasteiger partial charge in [-0.05, 0) is 30.4 Å². The summed E-state index contributed by atoms with van der Waals surface area (Å²) in [6.45, 7) is 7.92. The first-order valence-electron chi connectivity index (χ1n) is 5.24. The van der Waals surface area contributed by atoms with Gasteiger partial charge in [-0.3, -0.25) is 0 Å². The highest BCUT2D eigenvalue weighted by Gasteiger charge is 2.10. The molecular weight excluding hydrogens is 187 g/mol. The maximum atomic E-state index is 8.94. The molecule has 0 aliphatic heterocycles. The largest absolute Gasteiger partial charge is 0.488 e. The Kier molecular flexibility index (Phi) is 6.75. The molecular formula is C12H19BO2. The first kappa shape index (κ1) is 13.9. The minimum atomic E-state index is -1.38. The zero-order valence-corrected chi connectivity index (χ0v) is 9.86. The van der Waals surface area contributed by atoms with Crippen molar-refractivity contribution in [1.29, 1.82) is 0 Å². The Morgan fingerprint density at radius 2 is 1.80 bits per heavy atom. The third-order valence-corrected chi connectivity index (χ3v) is 1.95. The van der Waals surface area contributed by atoms with E-state index in [0.29, 0.717) is 5.46 Å². The summed E-state index contributed by atoms with van der Waals surface area (Å²) in [6, 6.07) is 5.37. The van der Waals surface area contributed by atoms with Gasteiger partial charge in [0.25, 0.3) is 0 Å². The summed E-state index contributed by atoms with van der Waals surface area (Å²) >= 11 is 0. The number of aryl methyl sites for hydroxylation is 1. The summed E-state index contributed by atoms with van der Waals surface area (Å²) in [4.78, 5) is 0. The monoisotopic (exact) mass is 206 g/mol. The van der Waals surface area contributed by atoms with Crippen LogP contribution in [0.4, 0.5) is 0 Å². The third-order valence-electron chi connectivity index (χ3n) is 1.95. The summed E-state index contributed by atoms with van der Waals surface area (Å²) in [7, 11) is -1.38. The standard InChI is InChI=1S/C10H13BO2.C2H6/c1-3-4-9-7-10(11(12)13)6-5-8(9)2;1-2/h3-7,12-13H,1-2H3;1-2H3/b4-3-;. The van der Waals surface area contributed by atoms with E-state index < -0.39 is 7.12 Å². The SMILES string of the molecule is C/C=C\c1cc(B(O)O)ccc1C.CC. The van der Waals surface area contributed by atoms with Crippen LogP contribution in [-0.2, 0) is 0 Å². The van der Waals surface area contributed by atoms with Crippen LogP contribution in [0.3, 0.4) is 0 Å². The van der Waals surface area contributed by atoms with E-state index in [2.05, 4.69) is 0 Å². The van der Waals surface area contributed by atoms with E-state index >= 15 is 0 Å². The van der Waals surface area contributed by atoms with Gasteiger partial charge in [0, 0.05) is 0 Å². The summed E-state index contributed by atoms with van der Waals surface area (Å²) in [5.74, 6) is 0. The molecule has 0 unspecified atom stereocenters. The van der Waals surface area contributed by atoms with E-state index in [4.69, 9.17) is 10.0 Å². The van der Waals surface area contributed by atoms with Gasteiger partial charge in [0.2, 0.25) is 0 Å². The molecule has 2 nitrogen and oxygen atoms in total. The molecule has 3 heteroatoms. The Labute approximate surface area is 92.4 Å². The fraction of sp³-hybridized carbons (Fsp3) is 0.333. The number of benzene rings is 1. The minimum Gasteiger partial charge on any atom is -0.423 e. The lowest BCUT2D eigenvalue weighted by Gasteiger charge is -2.04. The molecule has 0 spiro atoms. The maximum Gasteiger partial charge on any atom is 0.488 e. The van der Waals surface area contributed by atoms with Gasteiger partial charge >= 0.3 is 7.12 Å². The molecule has 0 fully saturated rings. The van der Waals surface area contributed by atoms with Gasteiger partial charge in [0.1, 0.15) is 0 Å². The van der Waals surface area contributed by atoms with E-state index in [0.717, 1.165) is 11.1 Å². The molecule has 2 N–H and O–H groups in total. The van der Waals surface area contributed by atoms with Gasteiger partial charge in [-0.15, -0.1) is 0 Å². The molecule has 82 valence electrons. The fourth-order valence-electron chi connectivity index (χ4n) is 1.18. The van der Waals surface area contributed by atoms with E-state index in [1.54, 1.807) is 12.1 Å². The van der Waals surface area contributed by atoms with E-state index in [1.165, 1.54) is 0 Å². The summed E-state index contributed by atoms with van der Waals surface area (Å²) < 4.78 is 0. The van der Waals surface area contributed by atoms with Gasteiger partial charge < -0.3 is 10.0 Å². The summed E-state index contributed by atoms with van der Waals surface area (Å²) in [6.07, 6.45) is 3.87. The Balaban J connectivity index is 0.000000921. The summed E-state index contributed by atoms with van der Waals surface area (Å²) in [5, 5.41) is 17.9. The van der Waals surface area contributed by atoms with Crippen molar-refractivity contribution in [2.75, 3.05) is 0 Å². The Bertz CT molecular complexity index is 319. The lowest BCUT2D eigenvalue weighted by Crippen LogP contribution is -2.29. The zero-order valence-electron chi connectivity index (χ0n) is 9.86. The van der Waals surface area contributed by atoms with Gasteiger partial charge in [0.15, 0.2) is 0 Å². The number of hydrogen-bond acceptors (Lipinski definition) is 2.